The van der Waals surface area contributed by atoms with E-state index >= 15 is 0 Å². The Labute approximate surface area is 159 Å². The molecule has 0 spiro atoms. The lowest BCUT2D eigenvalue weighted by Crippen LogP contribution is -2.47. The molecule has 2 N–H and O–H groups in total. The molecule has 1 aliphatic rings. The summed E-state index contributed by atoms with van der Waals surface area (Å²) in [7, 11) is 5.94. The lowest BCUT2D eigenvalue weighted by molar-refractivity contribution is -0.0835. The van der Waals surface area contributed by atoms with Crippen LogP contribution in [0.4, 0.5) is 5.69 Å². The number of guanidine groups is 1. The van der Waals surface area contributed by atoms with Crippen LogP contribution >= 0.6 is 0 Å². The summed E-state index contributed by atoms with van der Waals surface area (Å²) in [6, 6.07) is 8.55. The maximum Gasteiger partial charge on any atom is 0.191 e. The number of hydrogen-bond donors (Lipinski definition) is 2. The van der Waals surface area contributed by atoms with Crippen LogP contribution in [0.3, 0.4) is 0 Å². The van der Waals surface area contributed by atoms with Crippen molar-refractivity contribution in [2.24, 2.45) is 16.3 Å². The minimum atomic E-state index is 0.163. The first kappa shape index (κ1) is 20.6. The summed E-state index contributed by atoms with van der Waals surface area (Å²) in [5.74, 6) is 1.36. The molecule has 1 aliphatic heterocycles. The van der Waals surface area contributed by atoms with Crippen molar-refractivity contribution in [1.82, 2.24) is 10.6 Å². The molecule has 1 fully saturated rings. The molecule has 1 saturated heterocycles. The lowest BCUT2D eigenvalue weighted by Gasteiger charge is -2.40. The van der Waals surface area contributed by atoms with Gasteiger partial charge in [0.2, 0.25) is 0 Å². The Kier molecular flexibility index (Phi) is 7.33. The van der Waals surface area contributed by atoms with Gasteiger partial charge < -0.3 is 20.3 Å². The van der Waals surface area contributed by atoms with Crippen molar-refractivity contribution in [2.75, 3.05) is 39.2 Å². The summed E-state index contributed by atoms with van der Waals surface area (Å²) in [6.45, 7) is 9.32. The highest BCUT2D eigenvalue weighted by Gasteiger charge is 2.35. The zero-order chi connectivity index (χ0) is 19.2. The fraction of sp³-hybridized carbons (Fsp3) is 0.667. The molecule has 1 heterocycles. The fourth-order valence-electron chi connectivity index (χ4n) is 3.59. The largest absolute Gasteiger partial charge is 0.378 e. The molecule has 0 saturated carbocycles. The molecular formula is C21H36N4O. The first-order valence-electron chi connectivity index (χ1n) is 9.63. The van der Waals surface area contributed by atoms with E-state index in [2.05, 4.69) is 79.7 Å². The van der Waals surface area contributed by atoms with Gasteiger partial charge >= 0.3 is 0 Å². The van der Waals surface area contributed by atoms with Gasteiger partial charge in [-0.15, -0.1) is 0 Å². The van der Waals surface area contributed by atoms with Crippen LogP contribution in [-0.4, -0.2) is 46.4 Å². The van der Waals surface area contributed by atoms with E-state index < -0.39 is 0 Å². The third kappa shape index (κ3) is 5.90. The standard InChI is InChI=1S/C21H36N4O/c1-21(2,3)19-17(10-8-12-26-19)15-24-20(22-4)23-14-16-9-7-11-18(13-16)25(5)6/h7,9,11,13,17,19H,8,10,12,14-15H2,1-6H3,(H2,22,23,24). The Balaban J connectivity index is 1.88. The third-order valence-corrected chi connectivity index (χ3v) is 4.94. The molecule has 0 radical (unpaired) electrons. The molecule has 5 heteroatoms. The zero-order valence-electron chi connectivity index (χ0n) is 17.3. The van der Waals surface area contributed by atoms with E-state index in [1.165, 1.54) is 17.7 Å². The van der Waals surface area contributed by atoms with Crippen molar-refractivity contribution in [1.29, 1.82) is 0 Å². The maximum atomic E-state index is 6.08. The summed E-state index contributed by atoms with van der Waals surface area (Å²) in [5, 5.41) is 6.92. The number of hydrogen-bond acceptors (Lipinski definition) is 3. The van der Waals surface area contributed by atoms with E-state index in [0.717, 1.165) is 32.1 Å². The Bertz CT molecular complexity index is 592. The van der Waals surface area contributed by atoms with Crippen LogP contribution in [0, 0.1) is 11.3 Å². The molecule has 2 rings (SSSR count). The molecule has 0 bridgehead atoms. The minimum absolute atomic E-state index is 0.163. The average Bonchev–Trinajstić information content (AvgIpc) is 2.61. The highest BCUT2D eigenvalue weighted by molar-refractivity contribution is 5.79. The summed E-state index contributed by atoms with van der Waals surface area (Å²) in [4.78, 5) is 6.49. The Morgan fingerprint density at radius 2 is 2.04 bits per heavy atom. The van der Waals surface area contributed by atoms with Crippen molar-refractivity contribution in [3.63, 3.8) is 0 Å². The number of nitrogens with one attached hydrogen (secondary N) is 2. The first-order chi connectivity index (χ1) is 12.3. The number of nitrogens with zero attached hydrogens (tertiary/aromatic N) is 2. The van der Waals surface area contributed by atoms with Crippen molar-refractivity contribution < 1.29 is 4.74 Å². The van der Waals surface area contributed by atoms with Gasteiger partial charge in [-0.05, 0) is 36.0 Å². The molecule has 5 nitrogen and oxygen atoms in total. The van der Waals surface area contributed by atoms with E-state index in [1.54, 1.807) is 0 Å². The van der Waals surface area contributed by atoms with Gasteiger partial charge in [-0.25, -0.2) is 0 Å². The maximum absolute atomic E-state index is 6.08. The van der Waals surface area contributed by atoms with Gasteiger partial charge in [0.05, 0.1) is 6.10 Å². The normalized spacial score (nSPS) is 21.4. The van der Waals surface area contributed by atoms with Gasteiger partial charge in [-0.1, -0.05) is 32.9 Å². The predicted octanol–water partition coefficient (Wildman–Crippen LogP) is 3.26. The highest BCUT2D eigenvalue weighted by Crippen LogP contribution is 2.33. The summed E-state index contributed by atoms with van der Waals surface area (Å²) >= 11 is 0. The quantitative estimate of drug-likeness (QED) is 0.625. The van der Waals surface area contributed by atoms with Crippen LogP contribution in [0.2, 0.25) is 0 Å². The van der Waals surface area contributed by atoms with Crippen LogP contribution in [0.5, 0.6) is 0 Å². The fourth-order valence-corrected chi connectivity index (χ4v) is 3.59. The van der Waals surface area contributed by atoms with Crippen LogP contribution in [0.25, 0.3) is 0 Å². The van der Waals surface area contributed by atoms with Gasteiger partial charge in [0.15, 0.2) is 5.96 Å². The molecule has 0 aromatic heterocycles. The van der Waals surface area contributed by atoms with Gasteiger partial charge in [0.1, 0.15) is 0 Å². The average molecular weight is 361 g/mol. The molecule has 146 valence electrons. The van der Waals surface area contributed by atoms with Crippen LogP contribution in [0.15, 0.2) is 29.3 Å². The van der Waals surface area contributed by atoms with Gasteiger partial charge in [-0.3, -0.25) is 4.99 Å². The smallest absolute Gasteiger partial charge is 0.191 e. The number of anilines is 1. The minimum Gasteiger partial charge on any atom is -0.378 e. The molecule has 26 heavy (non-hydrogen) atoms. The van der Waals surface area contributed by atoms with Crippen molar-refractivity contribution in [2.45, 2.75) is 46.3 Å². The third-order valence-electron chi connectivity index (χ3n) is 4.94. The molecule has 2 atom stereocenters. The molecule has 2 unspecified atom stereocenters. The molecule has 0 aliphatic carbocycles. The summed E-state index contributed by atoms with van der Waals surface area (Å²) in [5.41, 5.74) is 2.61. The molecule has 1 aromatic carbocycles. The number of ether oxygens (including phenoxy) is 1. The molecule has 1 aromatic rings. The summed E-state index contributed by atoms with van der Waals surface area (Å²) in [6.07, 6.45) is 2.64. The Morgan fingerprint density at radius 1 is 1.27 bits per heavy atom. The van der Waals surface area contributed by atoms with E-state index in [9.17, 15) is 0 Å². The Morgan fingerprint density at radius 3 is 2.69 bits per heavy atom. The van der Waals surface area contributed by atoms with Crippen LogP contribution < -0.4 is 15.5 Å². The van der Waals surface area contributed by atoms with E-state index in [4.69, 9.17) is 4.74 Å². The monoisotopic (exact) mass is 360 g/mol. The Hall–Kier alpha value is -1.75. The number of benzene rings is 1. The van der Waals surface area contributed by atoms with Crippen molar-refractivity contribution in [3.05, 3.63) is 29.8 Å². The highest BCUT2D eigenvalue weighted by atomic mass is 16.5. The van der Waals surface area contributed by atoms with Gasteiger partial charge in [0.25, 0.3) is 0 Å². The van der Waals surface area contributed by atoms with Crippen LogP contribution in [-0.2, 0) is 11.3 Å². The van der Waals surface area contributed by atoms with E-state index in [1.807, 2.05) is 7.05 Å². The molecule has 0 amide bonds. The van der Waals surface area contributed by atoms with Gasteiger partial charge in [-0.2, -0.15) is 0 Å². The first-order valence-corrected chi connectivity index (χ1v) is 9.63. The summed E-state index contributed by atoms with van der Waals surface area (Å²) < 4.78 is 6.08. The predicted molar refractivity (Wildman–Crippen MR) is 111 cm³/mol. The van der Waals surface area contributed by atoms with Gasteiger partial charge in [0, 0.05) is 52.4 Å². The second kappa shape index (κ2) is 9.26. The SMILES string of the molecule is CN=C(NCc1cccc(N(C)C)c1)NCC1CCCOC1C(C)(C)C. The van der Waals surface area contributed by atoms with E-state index in [0.29, 0.717) is 12.0 Å². The number of aliphatic imine (C=N–C) groups is 1. The lowest BCUT2D eigenvalue weighted by atomic mass is 9.78. The van der Waals surface area contributed by atoms with Crippen molar-refractivity contribution >= 4 is 11.6 Å². The second-order valence-corrected chi connectivity index (χ2v) is 8.43. The zero-order valence-corrected chi connectivity index (χ0v) is 17.3. The van der Waals surface area contributed by atoms with Crippen LogP contribution in [0.1, 0.15) is 39.2 Å². The second-order valence-electron chi connectivity index (χ2n) is 8.43. The van der Waals surface area contributed by atoms with Crippen molar-refractivity contribution in [3.8, 4) is 0 Å². The van der Waals surface area contributed by atoms with E-state index in [-0.39, 0.29) is 5.41 Å². The molecular weight excluding hydrogens is 324 g/mol. The number of rotatable bonds is 5. The topological polar surface area (TPSA) is 48.9 Å².